The Morgan fingerprint density at radius 1 is 1.05 bits per heavy atom. The summed E-state index contributed by atoms with van der Waals surface area (Å²) in [6.07, 6.45) is 0.924. The summed E-state index contributed by atoms with van der Waals surface area (Å²) in [7, 11) is 0. The van der Waals surface area contributed by atoms with Crippen LogP contribution < -0.4 is 5.73 Å². The van der Waals surface area contributed by atoms with Gasteiger partial charge in [-0.15, -0.1) is 0 Å². The molecule has 0 aliphatic rings. The summed E-state index contributed by atoms with van der Waals surface area (Å²) < 4.78 is 2.42. The molecule has 0 radical (unpaired) electrons. The highest BCUT2D eigenvalue weighted by molar-refractivity contribution is 5.86. The Hall–Kier alpha value is -2.06. The lowest BCUT2D eigenvalue weighted by Gasteiger charge is -2.10. The van der Waals surface area contributed by atoms with Gasteiger partial charge in [-0.05, 0) is 50.5 Å². The van der Waals surface area contributed by atoms with Crippen LogP contribution in [0, 0.1) is 13.8 Å². The lowest BCUT2D eigenvalue weighted by atomic mass is 10.0. The quantitative estimate of drug-likeness (QED) is 0.768. The maximum atomic E-state index is 6.07. The van der Waals surface area contributed by atoms with Gasteiger partial charge in [-0.3, -0.25) is 0 Å². The van der Waals surface area contributed by atoms with Crippen molar-refractivity contribution in [3.8, 4) is 0 Å². The second-order valence-corrected chi connectivity index (χ2v) is 6.34. The number of aromatic nitrogens is 1. The van der Waals surface area contributed by atoms with Gasteiger partial charge in [0.15, 0.2) is 0 Å². The van der Waals surface area contributed by atoms with Gasteiger partial charge in [0.05, 0.1) is 0 Å². The molecule has 1 atom stereocenters. The first-order valence-electron chi connectivity index (χ1n) is 7.94. The molecule has 1 heterocycles. The first-order chi connectivity index (χ1) is 10.6. The number of nitrogens with two attached hydrogens (primary N) is 1. The van der Waals surface area contributed by atoms with Crippen molar-refractivity contribution in [2.75, 3.05) is 0 Å². The third kappa shape index (κ3) is 2.79. The van der Waals surface area contributed by atoms with Crippen LogP contribution in [0.2, 0.25) is 0 Å². The third-order valence-electron chi connectivity index (χ3n) is 4.32. The van der Waals surface area contributed by atoms with Crippen molar-refractivity contribution in [2.24, 2.45) is 5.73 Å². The molecular weight excluding hydrogens is 268 g/mol. The Morgan fingerprint density at radius 3 is 2.45 bits per heavy atom. The minimum atomic E-state index is 0.176. The predicted molar refractivity (Wildman–Crippen MR) is 94.3 cm³/mol. The van der Waals surface area contributed by atoms with Crippen LogP contribution >= 0.6 is 0 Å². The molecule has 0 saturated carbocycles. The van der Waals surface area contributed by atoms with Gasteiger partial charge < -0.3 is 10.3 Å². The van der Waals surface area contributed by atoms with Crippen LogP contribution in [0.15, 0.2) is 48.5 Å². The van der Waals surface area contributed by atoms with Gasteiger partial charge in [0.25, 0.3) is 0 Å². The van der Waals surface area contributed by atoms with Gasteiger partial charge in [0.1, 0.15) is 0 Å². The number of fused-ring (bicyclic) bond motifs is 1. The fourth-order valence-electron chi connectivity index (χ4n) is 3.21. The molecule has 1 aromatic heterocycles. The van der Waals surface area contributed by atoms with Gasteiger partial charge >= 0.3 is 0 Å². The van der Waals surface area contributed by atoms with Crippen LogP contribution in [0.5, 0.6) is 0 Å². The molecule has 3 aromatic rings. The van der Waals surface area contributed by atoms with E-state index in [1.54, 1.807) is 0 Å². The second-order valence-electron chi connectivity index (χ2n) is 6.34. The summed E-state index contributed by atoms with van der Waals surface area (Å²) in [6, 6.07) is 17.5. The fourth-order valence-corrected chi connectivity index (χ4v) is 3.21. The minimum Gasteiger partial charge on any atom is -0.340 e. The van der Waals surface area contributed by atoms with E-state index in [0.717, 1.165) is 13.0 Å². The van der Waals surface area contributed by atoms with E-state index in [9.17, 15) is 0 Å². The number of aryl methyl sites for hydroxylation is 1. The van der Waals surface area contributed by atoms with Crippen molar-refractivity contribution in [1.82, 2.24) is 4.57 Å². The molecule has 114 valence electrons. The fraction of sp³-hybridized carbons (Fsp3) is 0.300. The molecule has 2 N–H and O–H groups in total. The number of rotatable bonds is 4. The summed E-state index contributed by atoms with van der Waals surface area (Å²) in [5.74, 6) is 0. The SMILES string of the molecule is Cc1ccc2c(c1)c(C[C@H](C)N)c(C)n2Cc1ccccc1. The standard InChI is InChI=1S/C20H24N2/c1-14-9-10-20-19(11-14)18(12-15(2)21)16(3)22(20)13-17-7-5-4-6-8-17/h4-11,15H,12-13,21H2,1-3H3/t15-/m0/s1. The van der Waals surface area contributed by atoms with E-state index in [2.05, 4.69) is 73.9 Å². The average molecular weight is 292 g/mol. The zero-order chi connectivity index (χ0) is 15.7. The average Bonchev–Trinajstić information content (AvgIpc) is 2.73. The van der Waals surface area contributed by atoms with E-state index < -0.39 is 0 Å². The maximum Gasteiger partial charge on any atom is 0.0488 e. The molecule has 0 aliphatic carbocycles. The minimum absolute atomic E-state index is 0.176. The molecule has 0 saturated heterocycles. The maximum absolute atomic E-state index is 6.07. The van der Waals surface area contributed by atoms with Crippen molar-refractivity contribution < 1.29 is 0 Å². The van der Waals surface area contributed by atoms with Crippen molar-refractivity contribution in [1.29, 1.82) is 0 Å². The smallest absolute Gasteiger partial charge is 0.0488 e. The highest BCUT2D eigenvalue weighted by Crippen LogP contribution is 2.28. The van der Waals surface area contributed by atoms with Gasteiger partial charge in [0.2, 0.25) is 0 Å². The van der Waals surface area contributed by atoms with Crippen LogP contribution in [0.3, 0.4) is 0 Å². The Balaban J connectivity index is 2.15. The molecule has 22 heavy (non-hydrogen) atoms. The zero-order valence-electron chi connectivity index (χ0n) is 13.6. The largest absolute Gasteiger partial charge is 0.340 e. The first-order valence-corrected chi connectivity index (χ1v) is 7.94. The number of hydrogen-bond acceptors (Lipinski definition) is 1. The highest BCUT2D eigenvalue weighted by Gasteiger charge is 2.15. The topological polar surface area (TPSA) is 30.9 Å². The van der Waals surface area contributed by atoms with Gasteiger partial charge in [-0.2, -0.15) is 0 Å². The Bertz CT molecular complexity index is 782. The van der Waals surface area contributed by atoms with Crippen LogP contribution in [-0.2, 0) is 13.0 Å². The van der Waals surface area contributed by atoms with Gasteiger partial charge in [0, 0.05) is 29.2 Å². The van der Waals surface area contributed by atoms with E-state index >= 15 is 0 Å². The molecule has 0 spiro atoms. The summed E-state index contributed by atoms with van der Waals surface area (Å²) >= 11 is 0. The summed E-state index contributed by atoms with van der Waals surface area (Å²) in [6.45, 7) is 7.36. The molecule has 0 aliphatic heterocycles. The van der Waals surface area contributed by atoms with E-state index in [-0.39, 0.29) is 6.04 Å². The van der Waals surface area contributed by atoms with Crippen molar-refractivity contribution >= 4 is 10.9 Å². The molecule has 3 rings (SSSR count). The Morgan fingerprint density at radius 2 is 1.77 bits per heavy atom. The normalized spacial score (nSPS) is 12.7. The van der Waals surface area contributed by atoms with E-state index in [1.807, 2.05) is 0 Å². The monoisotopic (exact) mass is 292 g/mol. The number of benzene rings is 2. The predicted octanol–water partition coefficient (Wildman–Crippen LogP) is 4.20. The van der Waals surface area contributed by atoms with E-state index in [0.29, 0.717) is 0 Å². The summed E-state index contributed by atoms with van der Waals surface area (Å²) in [4.78, 5) is 0. The number of nitrogens with zero attached hydrogens (tertiary/aromatic N) is 1. The Labute approximate surface area is 132 Å². The van der Waals surface area contributed by atoms with Gasteiger partial charge in [-0.1, -0.05) is 42.0 Å². The molecule has 2 heteroatoms. The van der Waals surface area contributed by atoms with Crippen molar-refractivity contribution in [3.63, 3.8) is 0 Å². The van der Waals surface area contributed by atoms with Crippen LogP contribution in [0.4, 0.5) is 0 Å². The lowest BCUT2D eigenvalue weighted by Crippen LogP contribution is -2.18. The molecule has 2 nitrogen and oxygen atoms in total. The van der Waals surface area contributed by atoms with E-state index in [4.69, 9.17) is 5.73 Å². The van der Waals surface area contributed by atoms with Crippen molar-refractivity contribution in [3.05, 3.63) is 70.9 Å². The van der Waals surface area contributed by atoms with E-state index in [1.165, 1.54) is 33.3 Å². The summed E-state index contributed by atoms with van der Waals surface area (Å²) in [5.41, 5.74) is 12.7. The van der Waals surface area contributed by atoms with Gasteiger partial charge in [-0.25, -0.2) is 0 Å². The molecule has 0 amide bonds. The molecular formula is C20H24N2. The first kappa shape index (κ1) is 14.9. The molecule has 2 aromatic carbocycles. The van der Waals surface area contributed by atoms with Crippen LogP contribution in [0.25, 0.3) is 10.9 Å². The number of hydrogen-bond donors (Lipinski definition) is 1. The van der Waals surface area contributed by atoms with Crippen LogP contribution in [0.1, 0.15) is 29.3 Å². The summed E-state index contributed by atoms with van der Waals surface area (Å²) in [5, 5.41) is 1.35. The molecule has 0 unspecified atom stereocenters. The highest BCUT2D eigenvalue weighted by atomic mass is 15.0. The molecule has 0 bridgehead atoms. The van der Waals surface area contributed by atoms with Crippen LogP contribution in [-0.4, -0.2) is 10.6 Å². The molecule has 0 fully saturated rings. The zero-order valence-corrected chi connectivity index (χ0v) is 13.6. The second kappa shape index (κ2) is 5.98. The van der Waals surface area contributed by atoms with Crippen molar-refractivity contribution in [2.45, 2.75) is 39.8 Å². The Kier molecular flexibility index (Phi) is 4.04. The third-order valence-corrected chi connectivity index (χ3v) is 4.32. The lowest BCUT2D eigenvalue weighted by molar-refractivity contribution is 0.724.